The number of unbranched alkanes of at least 4 members (excludes halogenated alkanes) is 2. The van der Waals surface area contributed by atoms with Gasteiger partial charge in [0.2, 0.25) is 0 Å². The second kappa shape index (κ2) is 8.24. The molecular formula is C9H17NO2. The van der Waals surface area contributed by atoms with Crippen molar-refractivity contribution in [1.82, 2.24) is 0 Å². The lowest BCUT2D eigenvalue weighted by molar-refractivity contribution is -0.141. The second-order valence-electron chi connectivity index (χ2n) is 2.47. The Labute approximate surface area is 73.8 Å². The number of hydrogen-bond donors (Lipinski definition) is 0. The fraction of sp³-hybridized carbons (Fsp3) is 0.778. The van der Waals surface area contributed by atoms with Crippen LogP contribution in [0.1, 0.15) is 33.1 Å². The summed E-state index contributed by atoms with van der Waals surface area (Å²) in [6.45, 7) is 4.51. The number of aliphatic imine (C=N–C) groups is 1. The van der Waals surface area contributed by atoms with E-state index in [1.807, 2.05) is 0 Å². The molecule has 0 aliphatic carbocycles. The molecular weight excluding hydrogens is 154 g/mol. The Bertz CT molecular complexity index is 143. The molecule has 0 bridgehead atoms. The molecule has 0 heterocycles. The predicted octanol–water partition coefficient (Wildman–Crippen LogP) is 1.81. The Hall–Kier alpha value is -0.860. The van der Waals surface area contributed by atoms with Gasteiger partial charge in [0.05, 0.1) is 6.61 Å². The lowest BCUT2D eigenvalue weighted by Gasteiger charge is -1.96. The summed E-state index contributed by atoms with van der Waals surface area (Å²) in [6.07, 6.45) is 5.04. The van der Waals surface area contributed by atoms with E-state index in [0.717, 1.165) is 19.3 Å². The van der Waals surface area contributed by atoms with Crippen LogP contribution in [0, 0.1) is 0 Å². The fourth-order valence-corrected chi connectivity index (χ4v) is 0.732. The Morgan fingerprint density at radius 1 is 1.50 bits per heavy atom. The van der Waals surface area contributed by atoms with E-state index >= 15 is 0 Å². The Morgan fingerprint density at radius 3 is 2.83 bits per heavy atom. The monoisotopic (exact) mass is 171 g/mol. The van der Waals surface area contributed by atoms with Crippen LogP contribution in [0.2, 0.25) is 0 Å². The highest BCUT2D eigenvalue weighted by Crippen LogP contribution is 1.89. The SMILES string of the molecule is CCCCC=NCC(=O)OCC. The maximum atomic E-state index is 10.7. The van der Waals surface area contributed by atoms with Gasteiger partial charge in [-0.2, -0.15) is 0 Å². The molecule has 0 spiro atoms. The first-order valence-electron chi connectivity index (χ1n) is 4.45. The number of hydrogen-bond acceptors (Lipinski definition) is 3. The molecule has 0 unspecified atom stereocenters. The van der Waals surface area contributed by atoms with Crippen LogP contribution in [0.15, 0.2) is 4.99 Å². The molecule has 0 aromatic heterocycles. The fourth-order valence-electron chi connectivity index (χ4n) is 0.732. The van der Waals surface area contributed by atoms with Gasteiger partial charge in [-0.15, -0.1) is 0 Å². The van der Waals surface area contributed by atoms with Gasteiger partial charge >= 0.3 is 5.97 Å². The van der Waals surface area contributed by atoms with Crippen LogP contribution in [0.4, 0.5) is 0 Å². The highest BCUT2D eigenvalue weighted by Gasteiger charge is 1.95. The van der Waals surface area contributed by atoms with Crippen molar-refractivity contribution in [2.45, 2.75) is 33.1 Å². The molecule has 0 rings (SSSR count). The van der Waals surface area contributed by atoms with E-state index in [9.17, 15) is 4.79 Å². The normalized spacial score (nSPS) is 10.5. The molecule has 0 aromatic carbocycles. The number of esters is 1. The third-order valence-corrected chi connectivity index (χ3v) is 1.34. The highest BCUT2D eigenvalue weighted by molar-refractivity contribution is 5.73. The van der Waals surface area contributed by atoms with E-state index in [2.05, 4.69) is 11.9 Å². The first-order chi connectivity index (χ1) is 5.81. The molecule has 3 nitrogen and oxygen atoms in total. The van der Waals surface area contributed by atoms with Gasteiger partial charge in [-0.25, -0.2) is 0 Å². The molecule has 70 valence electrons. The van der Waals surface area contributed by atoms with E-state index in [0.29, 0.717) is 6.61 Å². The first-order valence-corrected chi connectivity index (χ1v) is 4.45. The van der Waals surface area contributed by atoms with Crippen molar-refractivity contribution in [2.24, 2.45) is 4.99 Å². The van der Waals surface area contributed by atoms with Gasteiger partial charge in [-0.1, -0.05) is 13.3 Å². The molecule has 12 heavy (non-hydrogen) atoms. The van der Waals surface area contributed by atoms with Crippen molar-refractivity contribution >= 4 is 12.2 Å². The molecule has 0 aromatic rings. The number of ether oxygens (including phenoxy) is 1. The molecule has 0 fully saturated rings. The van der Waals surface area contributed by atoms with Gasteiger partial charge in [0.25, 0.3) is 0 Å². The molecule has 3 heteroatoms. The molecule has 0 atom stereocenters. The molecule has 0 N–H and O–H groups in total. The van der Waals surface area contributed by atoms with E-state index in [-0.39, 0.29) is 12.5 Å². The third-order valence-electron chi connectivity index (χ3n) is 1.34. The van der Waals surface area contributed by atoms with Crippen molar-refractivity contribution < 1.29 is 9.53 Å². The zero-order valence-corrected chi connectivity index (χ0v) is 7.88. The maximum absolute atomic E-state index is 10.7. The quantitative estimate of drug-likeness (QED) is 0.347. The van der Waals surface area contributed by atoms with Gasteiger partial charge in [0.15, 0.2) is 0 Å². The lowest BCUT2D eigenvalue weighted by Crippen LogP contribution is -2.07. The van der Waals surface area contributed by atoms with Gasteiger partial charge in [-0.3, -0.25) is 9.79 Å². The van der Waals surface area contributed by atoms with E-state index in [4.69, 9.17) is 4.74 Å². The summed E-state index contributed by atoms with van der Waals surface area (Å²) in [4.78, 5) is 14.7. The largest absolute Gasteiger partial charge is 0.465 e. The van der Waals surface area contributed by atoms with E-state index < -0.39 is 0 Å². The average Bonchev–Trinajstić information content (AvgIpc) is 2.05. The van der Waals surface area contributed by atoms with Crippen LogP contribution in [0.25, 0.3) is 0 Å². The third kappa shape index (κ3) is 7.25. The molecule has 0 amide bonds. The van der Waals surface area contributed by atoms with Crippen LogP contribution < -0.4 is 0 Å². The van der Waals surface area contributed by atoms with Crippen molar-refractivity contribution in [3.05, 3.63) is 0 Å². The Morgan fingerprint density at radius 2 is 2.25 bits per heavy atom. The molecule has 0 radical (unpaired) electrons. The van der Waals surface area contributed by atoms with Crippen molar-refractivity contribution in [3.63, 3.8) is 0 Å². The van der Waals surface area contributed by atoms with Crippen LogP contribution in [0.3, 0.4) is 0 Å². The van der Waals surface area contributed by atoms with Gasteiger partial charge < -0.3 is 4.74 Å². The second-order valence-corrected chi connectivity index (χ2v) is 2.47. The van der Waals surface area contributed by atoms with Crippen molar-refractivity contribution in [2.75, 3.05) is 13.2 Å². The number of rotatable bonds is 6. The molecule has 0 aliphatic rings. The molecule has 0 saturated heterocycles. The summed E-state index contributed by atoms with van der Waals surface area (Å²) >= 11 is 0. The Kier molecular flexibility index (Phi) is 7.65. The molecule has 0 aliphatic heterocycles. The van der Waals surface area contributed by atoms with Crippen molar-refractivity contribution in [3.8, 4) is 0 Å². The minimum Gasteiger partial charge on any atom is -0.465 e. The van der Waals surface area contributed by atoms with Gasteiger partial charge in [0.1, 0.15) is 6.54 Å². The summed E-state index contributed by atoms with van der Waals surface area (Å²) in [6, 6.07) is 0. The van der Waals surface area contributed by atoms with Crippen LogP contribution in [-0.2, 0) is 9.53 Å². The summed E-state index contributed by atoms with van der Waals surface area (Å²) in [7, 11) is 0. The first kappa shape index (κ1) is 11.1. The summed E-state index contributed by atoms with van der Waals surface area (Å²) in [5, 5.41) is 0. The van der Waals surface area contributed by atoms with Gasteiger partial charge in [-0.05, 0) is 26.0 Å². The van der Waals surface area contributed by atoms with Crippen LogP contribution >= 0.6 is 0 Å². The molecule has 0 saturated carbocycles. The summed E-state index contributed by atoms with van der Waals surface area (Å²) in [5.41, 5.74) is 0. The van der Waals surface area contributed by atoms with Gasteiger partial charge in [0, 0.05) is 0 Å². The average molecular weight is 171 g/mol. The maximum Gasteiger partial charge on any atom is 0.327 e. The minimum absolute atomic E-state index is 0.164. The summed E-state index contributed by atoms with van der Waals surface area (Å²) < 4.78 is 4.70. The van der Waals surface area contributed by atoms with Crippen molar-refractivity contribution in [1.29, 1.82) is 0 Å². The number of carbonyl (C=O) groups is 1. The smallest absolute Gasteiger partial charge is 0.327 e. The van der Waals surface area contributed by atoms with Crippen LogP contribution in [-0.4, -0.2) is 25.3 Å². The number of carbonyl (C=O) groups excluding carboxylic acids is 1. The minimum atomic E-state index is -0.245. The topological polar surface area (TPSA) is 38.7 Å². The number of nitrogens with zero attached hydrogens (tertiary/aromatic N) is 1. The van der Waals surface area contributed by atoms with Crippen LogP contribution in [0.5, 0.6) is 0 Å². The Balaban J connectivity index is 3.27. The standard InChI is InChI=1S/C9H17NO2/c1-3-5-6-7-10-8-9(11)12-4-2/h7H,3-6,8H2,1-2H3. The van der Waals surface area contributed by atoms with E-state index in [1.165, 1.54) is 0 Å². The zero-order valence-electron chi connectivity index (χ0n) is 7.88. The zero-order chi connectivity index (χ0) is 9.23. The summed E-state index contributed by atoms with van der Waals surface area (Å²) in [5.74, 6) is -0.245. The lowest BCUT2D eigenvalue weighted by atomic mass is 10.3. The highest BCUT2D eigenvalue weighted by atomic mass is 16.5. The predicted molar refractivity (Wildman–Crippen MR) is 49.5 cm³/mol. The van der Waals surface area contributed by atoms with E-state index in [1.54, 1.807) is 13.1 Å².